The number of nitrogens with one attached hydrogen (secondary N) is 1. The van der Waals surface area contributed by atoms with E-state index in [1.54, 1.807) is 6.08 Å². The second kappa shape index (κ2) is 9.36. The highest BCUT2D eigenvalue weighted by atomic mass is 32.2. The fourth-order valence-corrected chi connectivity index (χ4v) is 8.02. The Morgan fingerprint density at radius 2 is 2.09 bits per heavy atom. The zero-order chi connectivity index (χ0) is 22.9. The van der Waals surface area contributed by atoms with Crippen molar-refractivity contribution >= 4 is 49.8 Å². The van der Waals surface area contributed by atoms with Crippen LogP contribution < -0.4 is 11.1 Å². The molecule has 3 N–H and O–H groups in total. The van der Waals surface area contributed by atoms with E-state index in [0.717, 1.165) is 36.1 Å². The number of carbonyl (C=O) groups is 2. The first-order valence-corrected chi connectivity index (χ1v) is 14.0. The number of aromatic nitrogens is 3. The number of allylic oxidation sites excluding steroid dienone is 1. The van der Waals surface area contributed by atoms with Crippen molar-refractivity contribution in [3.63, 3.8) is 0 Å². The van der Waals surface area contributed by atoms with Gasteiger partial charge in [-0.25, -0.2) is 8.42 Å². The highest BCUT2D eigenvalue weighted by Gasteiger charge is 2.33. The lowest BCUT2D eigenvalue weighted by Gasteiger charge is -2.11. The molecule has 2 aliphatic rings. The monoisotopic (exact) mass is 495 g/mol. The molecule has 0 aromatic carbocycles. The van der Waals surface area contributed by atoms with Crippen molar-refractivity contribution in [2.75, 3.05) is 22.6 Å². The molecule has 2 aromatic rings. The van der Waals surface area contributed by atoms with Crippen LogP contribution >= 0.6 is 23.1 Å². The maximum absolute atomic E-state index is 12.7. The predicted molar refractivity (Wildman–Crippen MR) is 125 cm³/mol. The smallest absolute Gasteiger partial charge is 0.251 e. The van der Waals surface area contributed by atoms with E-state index in [9.17, 15) is 18.0 Å². The molecule has 32 heavy (non-hydrogen) atoms. The van der Waals surface area contributed by atoms with Crippen molar-refractivity contribution in [2.45, 2.75) is 49.7 Å². The predicted octanol–water partition coefficient (Wildman–Crippen LogP) is 2.14. The van der Waals surface area contributed by atoms with Crippen LogP contribution in [0.5, 0.6) is 0 Å². The van der Waals surface area contributed by atoms with Gasteiger partial charge in [-0.15, -0.1) is 28.1 Å². The lowest BCUT2D eigenvalue weighted by molar-refractivity contribution is -0.113. The normalized spacial score (nSPS) is 19.4. The summed E-state index contributed by atoms with van der Waals surface area (Å²) < 4.78 is 25.5. The van der Waals surface area contributed by atoms with Crippen LogP contribution in [0.1, 0.15) is 51.8 Å². The highest BCUT2D eigenvalue weighted by molar-refractivity contribution is 7.99. The molecule has 2 amide bonds. The number of carbonyl (C=O) groups excluding carboxylic acids is 2. The molecule has 0 saturated carbocycles. The summed E-state index contributed by atoms with van der Waals surface area (Å²) in [7, 11) is -3.05. The molecule has 1 fully saturated rings. The van der Waals surface area contributed by atoms with E-state index >= 15 is 0 Å². The minimum atomic E-state index is -3.05. The van der Waals surface area contributed by atoms with E-state index in [0.29, 0.717) is 34.5 Å². The molecule has 0 unspecified atom stereocenters. The minimum absolute atomic E-state index is 0.0619. The van der Waals surface area contributed by atoms with E-state index in [-0.39, 0.29) is 29.1 Å². The van der Waals surface area contributed by atoms with Crippen LogP contribution in [0.25, 0.3) is 0 Å². The average Bonchev–Trinajstić information content (AvgIpc) is 3.41. The maximum Gasteiger partial charge on any atom is 0.251 e. The van der Waals surface area contributed by atoms with Crippen molar-refractivity contribution in [3.05, 3.63) is 34.5 Å². The quantitative estimate of drug-likeness (QED) is 0.423. The van der Waals surface area contributed by atoms with E-state index < -0.39 is 15.7 Å². The molecular formula is C20H25N5O4S3. The number of primary amides is 1. The van der Waals surface area contributed by atoms with Crippen LogP contribution in [0, 0.1) is 0 Å². The molecule has 12 heteroatoms. The van der Waals surface area contributed by atoms with Gasteiger partial charge in [0.1, 0.15) is 10.8 Å². The second-order valence-electron chi connectivity index (χ2n) is 7.96. The van der Waals surface area contributed by atoms with Gasteiger partial charge in [-0.3, -0.25) is 9.59 Å². The Morgan fingerprint density at radius 3 is 2.78 bits per heavy atom. The van der Waals surface area contributed by atoms with Crippen LogP contribution in [0.3, 0.4) is 0 Å². The van der Waals surface area contributed by atoms with Crippen molar-refractivity contribution in [1.29, 1.82) is 0 Å². The van der Waals surface area contributed by atoms with Crippen molar-refractivity contribution in [1.82, 2.24) is 14.8 Å². The molecule has 1 atom stereocenters. The average molecular weight is 496 g/mol. The third-order valence-corrected chi connectivity index (χ3v) is 9.60. The number of fused-ring (bicyclic) bond motifs is 1. The zero-order valence-corrected chi connectivity index (χ0v) is 20.0. The van der Waals surface area contributed by atoms with Crippen LogP contribution in [0.2, 0.25) is 0 Å². The SMILES string of the molecule is C=CCn1c(SCC(=O)Nc2sc3c(c2C(N)=O)CCCC3)nnc1[C@H]1CCS(=O)(=O)C1. The van der Waals surface area contributed by atoms with Gasteiger partial charge in [0.05, 0.1) is 22.8 Å². The van der Waals surface area contributed by atoms with Crippen LogP contribution in [-0.2, 0) is 34.0 Å². The summed E-state index contributed by atoms with van der Waals surface area (Å²) in [6, 6.07) is 0. The number of nitrogens with zero attached hydrogens (tertiary/aromatic N) is 3. The van der Waals surface area contributed by atoms with Crippen molar-refractivity contribution in [2.24, 2.45) is 5.73 Å². The fourth-order valence-electron chi connectivity index (χ4n) is 4.22. The van der Waals surface area contributed by atoms with E-state index in [1.165, 1.54) is 23.1 Å². The molecule has 3 heterocycles. The molecule has 172 valence electrons. The molecule has 9 nitrogen and oxygen atoms in total. The minimum Gasteiger partial charge on any atom is -0.365 e. The van der Waals surface area contributed by atoms with Gasteiger partial charge in [0.2, 0.25) is 5.91 Å². The van der Waals surface area contributed by atoms with Crippen LogP contribution in [-0.4, -0.2) is 52.3 Å². The number of thiophene rings is 1. The number of aryl methyl sites for hydroxylation is 1. The zero-order valence-electron chi connectivity index (χ0n) is 17.5. The molecule has 0 spiro atoms. The largest absolute Gasteiger partial charge is 0.365 e. The maximum atomic E-state index is 12.7. The standard InChI is InChI=1S/C20H25N5O4S3/c1-2-8-25-18(12-7-9-32(28,29)11-12)23-24-20(25)30-10-15(26)22-19-16(17(21)27)13-5-3-4-6-14(13)31-19/h2,12H,1,3-11H2,(H2,21,27)(H,22,26)/t12-/m0/s1. The summed E-state index contributed by atoms with van der Waals surface area (Å²) in [5, 5.41) is 12.3. The summed E-state index contributed by atoms with van der Waals surface area (Å²) in [6.07, 6.45) is 5.99. The number of rotatable bonds is 8. The number of thioether (sulfide) groups is 1. The van der Waals surface area contributed by atoms with Gasteiger partial charge in [-0.1, -0.05) is 17.8 Å². The topological polar surface area (TPSA) is 137 Å². The van der Waals surface area contributed by atoms with E-state index in [4.69, 9.17) is 5.73 Å². The Morgan fingerprint density at radius 1 is 1.31 bits per heavy atom. The van der Waals surface area contributed by atoms with Gasteiger partial charge in [0.25, 0.3) is 5.91 Å². The van der Waals surface area contributed by atoms with Gasteiger partial charge in [-0.2, -0.15) is 0 Å². The van der Waals surface area contributed by atoms with Gasteiger partial charge < -0.3 is 15.6 Å². The van der Waals surface area contributed by atoms with Crippen LogP contribution in [0.15, 0.2) is 17.8 Å². The molecule has 1 aliphatic heterocycles. The van der Waals surface area contributed by atoms with Gasteiger partial charge in [0, 0.05) is 17.3 Å². The summed E-state index contributed by atoms with van der Waals surface area (Å²) in [5.74, 6) is -0.104. The van der Waals surface area contributed by atoms with Crippen LogP contribution in [0.4, 0.5) is 5.00 Å². The van der Waals surface area contributed by atoms with Crippen molar-refractivity contribution in [3.8, 4) is 0 Å². The number of anilines is 1. The number of nitrogens with two attached hydrogens (primary N) is 1. The molecule has 0 bridgehead atoms. The van der Waals surface area contributed by atoms with E-state index in [2.05, 4.69) is 22.1 Å². The molecular weight excluding hydrogens is 470 g/mol. The highest BCUT2D eigenvalue weighted by Crippen LogP contribution is 2.38. The lowest BCUT2D eigenvalue weighted by atomic mass is 9.95. The molecule has 2 aromatic heterocycles. The number of amides is 2. The third-order valence-electron chi connectivity index (χ3n) is 5.66. The summed E-state index contributed by atoms with van der Waals surface area (Å²) in [5.41, 5.74) is 7.00. The first-order valence-electron chi connectivity index (χ1n) is 10.4. The summed E-state index contributed by atoms with van der Waals surface area (Å²) in [6.45, 7) is 4.18. The molecule has 4 rings (SSSR count). The Kier molecular flexibility index (Phi) is 6.72. The first kappa shape index (κ1) is 23.0. The number of hydrogen-bond donors (Lipinski definition) is 2. The first-order chi connectivity index (χ1) is 15.3. The fraction of sp³-hybridized carbons (Fsp3) is 0.500. The lowest BCUT2D eigenvalue weighted by Crippen LogP contribution is -2.19. The van der Waals surface area contributed by atoms with Crippen molar-refractivity contribution < 1.29 is 18.0 Å². The molecule has 1 aliphatic carbocycles. The Bertz CT molecular complexity index is 1170. The van der Waals surface area contributed by atoms with Gasteiger partial charge >= 0.3 is 0 Å². The Hall–Kier alpha value is -2.18. The second-order valence-corrected chi connectivity index (χ2v) is 12.2. The van der Waals surface area contributed by atoms with E-state index in [1.807, 2.05) is 4.57 Å². The molecule has 1 saturated heterocycles. The third kappa shape index (κ3) is 4.76. The Balaban J connectivity index is 1.46. The summed E-state index contributed by atoms with van der Waals surface area (Å²) in [4.78, 5) is 25.8. The number of sulfone groups is 1. The number of hydrogen-bond acceptors (Lipinski definition) is 8. The van der Waals surface area contributed by atoms with Gasteiger partial charge in [0.15, 0.2) is 15.0 Å². The van der Waals surface area contributed by atoms with Gasteiger partial charge in [-0.05, 0) is 37.7 Å². The molecule has 0 radical (unpaired) electrons. The summed E-state index contributed by atoms with van der Waals surface area (Å²) >= 11 is 2.64. The Labute approximate surface area is 194 Å².